The third-order valence-corrected chi connectivity index (χ3v) is 5.73. The van der Waals surface area contributed by atoms with Gasteiger partial charge >= 0.3 is 0 Å². The van der Waals surface area contributed by atoms with E-state index in [4.69, 9.17) is 0 Å². The molecule has 2 fully saturated rings. The minimum atomic E-state index is -1.09. The fraction of sp³-hybridized carbons (Fsp3) is 0.632. The molecule has 1 aromatic carbocycles. The molecular weight excluding hydrogens is 290 g/mol. The summed E-state index contributed by atoms with van der Waals surface area (Å²) in [6.07, 6.45) is 4.60. The first-order chi connectivity index (χ1) is 11.0. The van der Waals surface area contributed by atoms with Crippen molar-refractivity contribution in [2.75, 3.05) is 13.1 Å². The third-order valence-electron chi connectivity index (χ3n) is 5.73. The molecule has 2 atom stereocenters. The molecule has 23 heavy (non-hydrogen) atoms. The highest BCUT2D eigenvalue weighted by Gasteiger charge is 2.46. The van der Waals surface area contributed by atoms with Gasteiger partial charge in [0.05, 0.1) is 17.1 Å². The average molecular weight is 317 g/mol. The first kappa shape index (κ1) is 16.5. The fourth-order valence-corrected chi connectivity index (χ4v) is 4.05. The van der Waals surface area contributed by atoms with Crippen LogP contribution in [0.25, 0.3) is 0 Å². The lowest BCUT2D eigenvalue weighted by Gasteiger charge is -2.45. The quantitative estimate of drug-likeness (QED) is 0.879. The van der Waals surface area contributed by atoms with Gasteiger partial charge in [0.15, 0.2) is 0 Å². The van der Waals surface area contributed by atoms with E-state index in [0.29, 0.717) is 13.0 Å². The van der Waals surface area contributed by atoms with Crippen LogP contribution in [-0.4, -0.2) is 45.8 Å². The van der Waals surface area contributed by atoms with Crippen molar-refractivity contribution in [1.29, 1.82) is 0 Å². The number of benzene rings is 1. The van der Waals surface area contributed by atoms with Gasteiger partial charge in [-0.1, -0.05) is 49.6 Å². The van der Waals surface area contributed by atoms with Crippen molar-refractivity contribution in [2.45, 2.75) is 62.6 Å². The number of piperidine rings is 1. The van der Waals surface area contributed by atoms with Crippen LogP contribution in [0.1, 0.15) is 51.0 Å². The Hall–Kier alpha value is -1.39. The van der Waals surface area contributed by atoms with E-state index in [1.54, 1.807) is 11.8 Å². The number of rotatable bonds is 2. The Bertz CT molecular complexity index is 549. The van der Waals surface area contributed by atoms with Crippen molar-refractivity contribution in [1.82, 2.24) is 4.90 Å². The van der Waals surface area contributed by atoms with Crippen LogP contribution in [-0.2, 0) is 10.2 Å². The topological polar surface area (TPSA) is 60.8 Å². The van der Waals surface area contributed by atoms with Crippen LogP contribution in [0.15, 0.2) is 30.3 Å². The largest absolute Gasteiger partial charge is 0.388 e. The van der Waals surface area contributed by atoms with E-state index in [2.05, 4.69) is 12.1 Å². The van der Waals surface area contributed by atoms with Crippen molar-refractivity contribution in [3.8, 4) is 0 Å². The van der Waals surface area contributed by atoms with Crippen LogP contribution < -0.4 is 0 Å². The smallest absolute Gasteiger partial charge is 0.233 e. The molecule has 1 saturated carbocycles. The summed E-state index contributed by atoms with van der Waals surface area (Å²) >= 11 is 0. The predicted octanol–water partition coefficient (Wildman–Crippen LogP) is 2.23. The van der Waals surface area contributed by atoms with E-state index in [1.165, 1.54) is 6.42 Å². The highest BCUT2D eigenvalue weighted by molar-refractivity contribution is 5.88. The maximum absolute atomic E-state index is 13.4. The lowest BCUT2D eigenvalue weighted by molar-refractivity contribution is -0.153. The number of aliphatic hydroxyl groups is 2. The van der Waals surface area contributed by atoms with Gasteiger partial charge in [0.1, 0.15) is 0 Å². The minimum Gasteiger partial charge on any atom is -0.388 e. The summed E-state index contributed by atoms with van der Waals surface area (Å²) in [5, 5.41) is 20.3. The van der Waals surface area contributed by atoms with E-state index in [-0.39, 0.29) is 12.5 Å². The van der Waals surface area contributed by atoms with Crippen LogP contribution in [0.3, 0.4) is 0 Å². The van der Waals surface area contributed by atoms with E-state index in [0.717, 1.165) is 31.2 Å². The molecule has 0 unspecified atom stereocenters. The summed E-state index contributed by atoms with van der Waals surface area (Å²) in [6, 6.07) is 10.1. The number of amides is 1. The molecule has 4 heteroatoms. The zero-order chi connectivity index (χ0) is 16.5. The number of β-amino-alcohol motifs (C(OH)–C–C–N with tert-alkyl or cyclic N) is 1. The number of likely N-dealkylation sites (tertiary alicyclic amines) is 1. The van der Waals surface area contributed by atoms with Crippen molar-refractivity contribution in [3.63, 3.8) is 0 Å². The van der Waals surface area contributed by atoms with Crippen molar-refractivity contribution >= 4 is 5.91 Å². The predicted molar refractivity (Wildman–Crippen MR) is 89.0 cm³/mol. The monoisotopic (exact) mass is 317 g/mol. The molecule has 0 radical (unpaired) electrons. The molecule has 1 amide bonds. The van der Waals surface area contributed by atoms with Gasteiger partial charge in [-0.3, -0.25) is 4.79 Å². The molecule has 1 heterocycles. The highest BCUT2D eigenvalue weighted by Crippen LogP contribution is 2.41. The van der Waals surface area contributed by atoms with Gasteiger partial charge in [-0.25, -0.2) is 0 Å². The van der Waals surface area contributed by atoms with Gasteiger partial charge < -0.3 is 15.1 Å². The Morgan fingerprint density at radius 1 is 1.13 bits per heavy atom. The molecule has 1 aliphatic carbocycles. The van der Waals surface area contributed by atoms with E-state index < -0.39 is 17.1 Å². The Morgan fingerprint density at radius 3 is 2.39 bits per heavy atom. The Labute approximate surface area is 138 Å². The second-order valence-electron chi connectivity index (χ2n) is 7.38. The van der Waals surface area contributed by atoms with E-state index >= 15 is 0 Å². The number of nitrogens with zero attached hydrogens (tertiary/aromatic N) is 1. The summed E-state index contributed by atoms with van der Waals surface area (Å²) in [4.78, 5) is 15.1. The molecule has 126 valence electrons. The molecule has 1 saturated heterocycles. The summed E-state index contributed by atoms with van der Waals surface area (Å²) in [6.45, 7) is 2.38. The maximum atomic E-state index is 13.4. The van der Waals surface area contributed by atoms with Crippen LogP contribution in [0.5, 0.6) is 0 Å². The lowest BCUT2D eigenvalue weighted by atomic mass is 9.68. The summed E-state index contributed by atoms with van der Waals surface area (Å²) in [5.74, 6) is 0.123. The molecule has 2 aliphatic rings. The van der Waals surface area contributed by atoms with Crippen LogP contribution >= 0.6 is 0 Å². The zero-order valence-electron chi connectivity index (χ0n) is 13.9. The first-order valence-electron chi connectivity index (χ1n) is 8.71. The normalized spacial score (nSPS) is 30.9. The lowest BCUT2D eigenvalue weighted by Crippen LogP contribution is -2.59. The molecule has 4 nitrogen and oxygen atoms in total. The van der Waals surface area contributed by atoms with Gasteiger partial charge in [0, 0.05) is 13.1 Å². The van der Waals surface area contributed by atoms with Gasteiger partial charge in [-0.05, 0) is 31.7 Å². The summed E-state index contributed by atoms with van der Waals surface area (Å²) in [7, 11) is 0. The zero-order valence-corrected chi connectivity index (χ0v) is 13.9. The van der Waals surface area contributed by atoms with Gasteiger partial charge in [0.25, 0.3) is 0 Å². The molecule has 1 aliphatic heterocycles. The second kappa shape index (κ2) is 6.25. The van der Waals surface area contributed by atoms with Crippen molar-refractivity contribution in [3.05, 3.63) is 35.9 Å². The maximum Gasteiger partial charge on any atom is 0.233 e. The third kappa shape index (κ3) is 3.02. The summed E-state index contributed by atoms with van der Waals surface area (Å²) < 4.78 is 0. The van der Waals surface area contributed by atoms with Crippen LogP contribution in [0, 0.1) is 0 Å². The van der Waals surface area contributed by atoms with E-state index in [9.17, 15) is 15.0 Å². The number of aliphatic hydroxyl groups excluding tert-OH is 1. The second-order valence-corrected chi connectivity index (χ2v) is 7.38. The molecular formula is C19H27NO3. The molecule has 0 aromatic heterocycles. The minimum absolute atomic E-state index is 0.123. The first-order valence-corrected chi connectivity index (χ1v) is 8.71. The van der Waals surface area contributed by atoms with Gasteiger partial charge in [-0.2, -0.15) is 0 Å². The number of carbonyl (C=O) groups is 1. The average Bonchev–Trinajstić information content (AvgIpc) is 2.58. The molecule has 0 bridgehead atoms. The van der Waals surface area contributed by atoms with E-state index in [1.807, 2.05) is 18.2 Å². The molecule has 1 aromatic rings. The van der Waals surface area contributed by atoms with Crippen molar-refractivity contribution in [2.24, 2.45) is 0 Å². The number of hydrogen-bond acceptors (Lipinski definition) is 3. The van der Waals surface area contributed by atoms with Gasteiger partial charge in [0.2, 0.25) is 5.91 Å². The number of hydrogen-bond donors (Lipinski definition) is 2. The molecule has 0 spiro atoms. The molecule has 3 rings (SSSR count). The van der Waals surface area contributed by atoms with Crippen LogP contribution in [0.2, 0.25) is 0 Å². The van der Waals surface area contributed by atoms with Crippen molar-refractivity contribution < 1.29 is 15.0 Å². The summed E-state index contributed by atoms with van der Waals surface area (Å²) in [5.41, 5.74) is -0.456. The SMILES string of the molecule is C[C@@]1(O)CCN(C(=O)C2(c3ccccc3)CCCCC2)C[C@H]1O. The highest BCUT2D eigenvalue weighted by atomic mass is 16.3. The number of carbonyl (C=O) groups excluding carboxylic acids is 1. The standard InChI is InChI=1S/C19H27NO3/c1-18(23)12-13-20(14-16(18)21)17(22)19(10-6-3-7-11-19)15-8-4-2-5-9-15/h2,4-5,8-9,16,21,23H,3,6-7,10-14H2,1H3/t16-,18-/m1/s1. The Morgan fingerprint density at radius 2 is 1.78 bits per heavy atom. The van der Waals surface area contributed by atoms with Gasteiger partial charge in [-0.15, -0.1) is 0 Å². The fourth-order valence-electron chi connectivity index (χ4n) is 4.05. The molecule has 2 N–H and O–H groups in total. The Balaban J connectivity index is 1.87. The Kier molecular flexibility index (Phi) is 4.47. The van der Waals surface area contributed by atoms with Crippen LogP contribution in [0.4, 0.5) is 0 Å².